The van der Waals surface area contributed by atoms with Crippen LogP contribution in [0.1, 0.15) is 34.3 Å². The van der Waals surface area contributed by atoms with Crippen molar-refractivity contribution in [2.75, 3.05) is 19.0 Å². The molecular formula is C20H22N2O3. The molecule has 130 valence electrons. The number of rotatable bonds is 5. The molecule has 0 bridgehead atoms. The molecule has 2 N–H and O–H groups in total. The van der Waals surface area contributed by atoms with E-state index in [0.29, 0.717) is 17.8 Å². The smallest absolute Gasteiger partial charge is 0.339 e. The number of ether oxygens (including phenoxy) is 1. The Bertz CT molecular complexity index is 780. The maximum atomic E-state index is 12.3. The molecular weight excluding hydrogens is 316 g/mol. The Morgan fingerprint density at radius 2 is 1.76 bits per heavy atom. The van der Waals surface area contributed by atoms with Gasteiger partial charge in [-0.05, 0) is 37.5 Å². The Labute approximate surface area is 147 Å². The monoisotopic (exact) mass is 338 g/mol. The summed E-state index contributed by atoms with van der Waals surface area (Å²) in [4.78, 5) is 24.0. The Morgan fingerprint density at radius 1 is 1.08 bits per heavy atom. The molecule has 0 heterocycles. The molecule has 2 amide bonds. The van der Waals surface area contributed by atoms with Crippen molar-refractivity contribution in [2.45, 2.75) is 25.2 Å². The molecule has 0 saturated heterocycles. The fraction of sp³-hybridized carbons (Fsp3) is 0.300. The number of carbonyl (C=O) groups excluding carboxylic acids is 2. The van der Waals surface area contributed by atoms with Crippen LogP contribution in [0.4, 0.5) is 10.5 Å². The summed E-state index contributed by atoms with van der Waals surface area (Å²) < 4.78 is 4.74. The number of hydrogen-bond donors (Lipinski definition) is 2. The first-order chi connectivity index (χ1) is 12.0. The first-order valence-corrected chi connectivity index (χ1v) is 8.33. The predicted octanol–water partition coefficient (Wildman–Crippen LogP) is 3.63. The van der Waals surface area contributed by atoms with Gasteiger partial charge < -0.3 is 15.4 Å². The lowest BCUT2D eigenvalue weighted by atomic mass is 9.95. The average Bonchev–Trinajstić information content (AvgIpc) is 3.41. The Hall–Kier alpha value is -2.82. The molecule has 0 unspecified atom stereocenters. The normalized spacial score (nSPS) is 14.5. The van der Waals surface area contributed by atoms with Gasteiger partial charge in [0, 0.05) is 12.0 Å². The molecule has 0 aliphatic heterocycles. The molecule has 0 atom stereocenters. The molecule has 2 aromatic rings. The molecule has 0 spiro atoms. The topological polar surface area (TPSA) is 67.4 Å². The summed E-state index contributed by atoms with van der Waals surface area (Å²) in [5.41, 5.74) is 3.29. The average molecular weight is 338 g/mol. The lowest BCUT2D eigenvalue weighted by Gasteiger charge is -2.17. The molecule has 1 saturated carbocycles. The summed E-state index contributed by atoms with van der Waals surface area (Å²) in [6, 6.07) is 14.9. The molecule has 1 fully saturated rings. The second kappa shape index (κ2) is 6.97. The molecule has 1 aliphatic carbocycles. The molecule has 1 aliphatic rings. The van der Waals surface area contributed by atoms with Crippen molar-refractivity contribution in [2.24, 2.45) is 0 Å². The van der Waals surface area contributed by atoms with Crippen LogP contribution in [0, 0.1) is 6.92 Å². The summed E-state index contributed by atoms with van der Waals surface area (Å²) in [5.74, 6) is -0.478. The second-order valence-electron chi connectivity index (χ2n) is 6.49. The van der Waals surface area contributed by atoms with Crippen LogP contribution in [0.15, 0.2) is 48.5 Å². The third-order valence-corrected chi connectivity index (χ3v) is 4.69. The third-order valence-electron chi connectivity index (χ3n) is 4.69. The van der Waals surface area contributed by atoms with Crippen molar-refractivity contribution >= 4 is 17.7 Å². The van der Waals surface area contributed by atoms with Gasteiger partial charge in [0.15, 0.2) is 0 Å². The number of benzene rings is 2. The number of methoxy groups -OCH3 is 1. The zero-order valence-electron chi connectivity index (χ0n) is 14.5. The number of urea groups is 1. The first-order valence-electron chi connectivity index (χ1n) is 8.33. The number of carbonyl (C=O) groups is 2. The Morgan fingerprint density at radius 3 is 2.40 bits per heavy atom. The fourth-order valence-electron chi connectivity index (χ4n) is 2.92. The van der Waals surface area contributed by atoms with Gasteiger partial charge in [-0.2, -0.15) is 0 Å². The molecule has 0 aromatic heterocycles. The van der Waals surface area contributed by atoms with Crippen LogP contribution in [-0.4, -0.2) is 25.7 Å². The molecule has 2 aromatic carbocycles. The van der Waals surface area contributed by atoms with Gasteiger partial charge in [0.1, 0.15) is 0 Å². The Kier molecular flexibility index (Phi) is 4.74. The van der Waals surface area contributed by atoms with Gasteiger partial charge in [0.05, 0.1) is 18.4 Å². The zero-order valence-corrected chi connectivity index (χ0v) is 14.5. The lowest BCUT2D eigenvalue weighted by molar-refractivity contribution is 0.0602. The second-order valence-corrected chi connectivity index (χ2v) is 6.49. The highest BCUT2D eigenvalue weighted by molar-refractivity contribution is 6.00. The van der Waals surface area contributed by atoms with Crippen molar-refractivity contribution in [3.63, 3.8) is 0 Å². The van der Waals surface area contributed by atoms with E-state index in [2.05, 4.69) is 41.8 Å². The first kappa shape index (κ1) is 17.0. The van der Waals surface area contributed by atoms with E-state index in [4.69, 9.17) is 4.74 Å². The van der Waals surface area contributed by atoms with Crippen molar-refractivity contribution < 1.29 is 14.3 Å². The van der Waals surface area contributed by atoms with Crippen molar-refractivity contribution in [3.8, 4) is 0 Å². The van der Waals surface area contributed by atoms with Crippen LogP contribution >= 0.6 is 0 Å². The van der Waals surface area contributed by atoms with Gasteiger partial charge in [0.25, 0.3) is 0 Å². The van der Waals surface area contributed by atoms with Gasteiger partial charge in [-0.15, -0.1) is 0 Å². The van der Waals surface area contributed by atoms with E-state index in [1.807, 2.05) is 0 Å². The summed E-state index contributed by atoms with van der Waals surface area (Å²) >= 11 is 0. The van der Waals surface area contributed by atoms with Gasteiger partial charge in [-0.1, -0.05) is 42.0 Å². The van der Waals surface area contributed by atoms with Gasteiger partial charge in [0.2, 0.25) is 0 Å². The van der Waals surface area contributed by atoms with E-state index in [-0.39, 0.29) is 11.4 Å². The summed E-state index contributed by atoms with van der Waals surface area (Å²) in [6.45, 7) is 2.64. The zero-order chi connectivity index (χ0) is 17.9. The number of esters is 1. The highest BCUT2D eigenvalue weighted by Crippen LogP contribution is 2.47. The molecule has 3 rings (SSSR count). The van der Waals surface area contributed by atoms with Crippen LogP contribution in [0.25, 0.3) is 0 Å². The van der Waals surface area contributed by atoms with Crippen molar-refractivity contribution in [3.05, 3.63) is 65.2 Å². The molecule has 0 radical (unpaired) electrons. The minimum absolute atomic E-state index is 0.0346. The van der Waals surface area contributed by atoms with E-state index < -0.39 is 5.97 Å². The van der Waals surface area contributed by atoms with Crippen LogP contribution in [0.5, 0.6) is 0 Å². The van der Waals surface area contributed by atoms with Crippen LogP contribution in [-0.2, 0) is 10.2 Å². The van der Waals surface area contributed by atoms with Crippen LogP contribution in [0.2, 0.25) is 0 Å². The summed E-state index contributed by atoms with van der Waals surface area (Å²) in [7, 11) is 1.32. The predicted molar refractivity (Wildman–Crippen MR) is 96.9 cm³/mol. The quantitative estimate of drug-likeness (QED) is 0.818. The highest BCUT2D eigenvalue weighted by Gasteiger charge is 2.44. The summed E-state index contributed by atoms with van der Waals surface area (Å²) in [5, 5.41) is 5.66. The van der Waals surface area contributed by atoms with Crippen LogP contribution in [0.3, 0.4) is 0 Å². The third kappa shape index (κ3) is 3.82. The molecule has 5 nitrogen and oxygen atoms in total. The Balaban J connectivity index is 1.62. The number of aryl methyl sites for hydroxylation is 1. The van der Waals surface area contributed by atoms with Crippen LogP contribution < -0.4 is 10.6 Å². The minimum atomic E-state index is -0.478. The highest BCUT2D eigenvalue weighted by atomic mass is 16.5. The van der Waals surface area contributed by atoms with E-state index in [1.54, 1.807) is 24.3 Å². The number of para-hydroxylation sites is 1. The van der Waals surface area contributed by atoms with Gasteiger partial charge in [-0.25, -0.2) is 9.59 Å². The van der Waals surface area contributed by atoms with E-state index in [1.165, 1.54) is 18.2 Å². The van der Waals surface area contributed by atoms with E-state index in [0.717, 1.165) is 12.8 Å². The van der Waals surface area contributed by atoms with E-state index >= 15 is 0 Å². The van der Waals surface area contributed by atoms with Crippen molar-refractivity contribution in [1.82, 2.24) is 5.32 Å². The maximum Gasteiger partial charge on any atom is 0.339 e. The van der Waals surface area contributed by atoms with Gasteiger partial charge >= 0.3 is 12.0 Å². The molecule has 25 heavy (non-hydrogen) atoms. The maximum absolute atomic E-state index is 12.3. The van der Waals surface area contributed by atoms with Crippen molar-refractivity contribution in [1.29, 1.82) is 0 Å². The fourth-order valence-corrected chi connectivity index (χ4v) is 2.92. The number of anilines is 1. The standard InChI is InChI=1S/C20H22N2O3/c1-14-7-9-15(10-8-14)20(11-12-20)13-21-19(24)22-17-6-4-3-5-16(17)18(23)25-2/h3-10H,11-13H2,1-2H3,(H2,21,22,24). The number of hydrogen-bond acceptors (Lipinski definition) is 3. The number of nitrogens with one attached hydrogen (secondary N) is 2. The van der Waals surface area contributed by atoms with Gasteiger partial charge in [-0.3, -0.25) is 0 Å². The SMILES string of the molecule is COC(=O)c1ccccc1NC(=O)NCC1(c2ccc(C)cc2)CC1. The van der Waals surface area contributed by atoms with E-state index in [9.17, 15) is 9.59 Å². The lowest BCUT2D eigenvalue weighted by Crippen LogP contribution is -2.35. The summed E-state index contributed by atoms with van der Waals surface area (Å²) in [6.07, 6.45) is 2.13. The number of amides is 2. The molecule has 5 heteroatoms. The minimum Gasteiger partial charge on any atom is -0.465 e. The largest absolute Gasteiger partial charge is 0.465 e.